The number of allylic oxidation sites excluding steroid dienone is 1. The predicted octanol–water partition coefficient (Wildman–Crippen LogP) is 2.11. The molecule has 2 rings (SSSR count). The number of esters is 1. The van der Waals surface area contributed by atoms with E-state index >= 15 is 0 Å². The van der Waals surface area contributed by atoms with E-state index in [-0.39, 0.29) is 23.7 Å². The van der Waals surface area contributed by atoms with E-state index in [0.717, 1.165) is 18.4 Å². The van der Waals surface area contributed by atoms with Crippen LogP contribution in [0.1, 0.15) is 33.1 Å². The molecule has 0 N–H and O–H groups in total. The molecular weight excluding hydrogens is 204 g/mol. The van der Waals surface area contributed by atoms with Gasteiger partial charge in [-0.15, -0.1) is 0 Å². The lowest BCUT2D eigenvalue weighted by atomic mass is 9.75. The highest BCUT2D eigenvalue weighted by Gasteiger charge is 2.44. The van der Waals surface area contributed by atoms with Gasteiger partial charge in [0.25, 0.3) is 0 Å². The van der Waals surface area contributed by atoms with Gasteiger partial charge in [-0.05, 0) is 32.6 Å². The Labute approximate surface area is 95.9 Å². The number of fused-ring (bicyclic) bond motifs is 1. The van der Waals surface area contributed by atoms with Gasteiger partial charge in [0.05, 0.1) is 12.5 Å². The van der Waals surface area contributed by atoms with Crippen molar-refractivity contribution in [1.82, 2.24) is 0 Å². The molecule has 0 amide bonds. The number of Topliss-reactive ketones (excluding diaryl/α,β-unsaturated/α-hetero) is 1. The quantitative estimate of drug-likeness (QED) is 0.531. The van der Waals surface area contributed by atoms with E-state index in [0.29, 0.717) is 18.8 Å². The van der Waals surface area contributed by atoms with Gasteiger partial charge in [0, 0.05) is 12.3 Å². The zero-order chi connectivity index (χ0) is 11.7. The van der Waals surface area contributed by atoms with Crippen LogP contribution < -0.4 is 0 Å². The second-order valence-electron chi connectivity index (χ2n) is 4.77. The van der Waals surface area contributed by atoms with Crippen LogP contribution in [-0.4, -0.2) is 18.4 Å². The molecule has 3 atom stereocenters. The number of rotatable bonds is 2. The molecule has 0 saturated heterocycles. The summed E-state index contributed by atoms with van der Waals surface area (Å²) in [6, 6.07) is 0. The van der Waals surface area contributed by atoms with Crippen LogP contribution in [0.15, 0.2) is 11.6 Å². The van der Waals surface area contributed by atoms with Crippen molar-refractivity contribution in [2.24, 2.45) is 17.8 Å². The fourth-order valence-corrected chi connectivity index (χ4v) is 2.96. The first-order valence-corrected chi connectivity index (χ1v) is 6.00. The highest BCUT2D eigenvalue weighted by Crippen LogP contribution is 2.43. The topological polar surface area (TPSA) is 43.4 Å². The molecule has 0 spiro atoms. The maximum absolute atomic E-state index is 11.8. The van der Waals surface area contributed by atoms with Crippen molar-refractivity contribution in [3.8, 4) is 0 Å². The zero-order valence-corrected chi connectivity index (χ0v) is 9.86. The van der Waals surface area contributed by atoms with Crippen LogP contribution in [0.25, 0.3) is 0 Å². The Kier molecular flexibility index (Phi) is 3.13. The molecular formula is C13H18O3. The van der Waals surface area contributed by atoms with Gasteiger partial charge in [-0.25, -0.2) is 0 Å². The van der Waals surface area contributed by atoms with E-state index in [1.165, 1.54) is 0 Å². The van der Waals surface area contributed by atoms with Crippen LogP contribution in [0.4, 0.5) is 0 Å². The third kappa shape index (κ3) is 1.91. The van der Waals surface area contributed by atoms with E-state index < -0.39 is 0 Å². The lowest BCUT2D eigenvalue weighted by Crippen LogP contribution is -2.32. The summed E-state index contributed by atoms with van der Waals surface area (Å²) in [6.45, 7) is 4.22. The molecule has 0 aliphatic heterocycles. The van der Waals surface area contributed by atoms with E-state index in [1.54, 1.807) is 0 Å². The van der Waals surface area contributed by atoms with Crippen LogP contribution in [0.2, 0.25) is 0 Å². The van der Waals surface area contributed by atoms with Gasteiger partial charge in [-0.2, -0.15) is 0 Å². The maximum Gasteiger partial charge on any atom is 0.313 e. The van der Waals surface area contributed by atoms with Crippen LogP contribution in [0, 0.1) is 17.8 Å². The Hall–Kier alpha value is -1.12. The Bertz CT molecular complexity index is 343. The standard InChI is InChI=1S/C13H18O3/c1-3-16-13(15)11-7-8(2)6-10-9(11)4-5-12(10)14/h7,9-11H,3-6H2,1-2H3/t9-,10?,11?/m0/s1. The molecule has 0 aromatic rings. The van der Waals surface area contributed by atoms with Gasteiger partial charge < -0.3 is 4.74 Å². The molecule has 0 aromatic heterocycles. The molecule has 2 aliphatic rings. The van der Waals surface area contributed by atoms with Crippen molar-refractivity contribution < 1.29 is 14.3 Å². The molecule has 0 bridgehead atoms. The molecule has 2 unspecified atom stereocenters. The molecule has 0 radical (unpaired) electrons. The predicted molar refractivity (Wildman–Crippen MR) is 59.7 cm³/mol. The van der Waals surface area contributed by atoms with Crippen molar-refractivity contribution in [2.45, 2.75) is 33.1 Å². The van der Waals surface area contributed by atoms with E-state index in [2.05, 4.69) is 0 Å². The van der Waals surface area contributed by atoms with Gasteiger partial charge >= 0.3 is 5.97 Å². The fourth-order valence-electron chi connectivity index (χ4n) is 2.96. The minimum Gasteiger partial charge on any atom is -0.466 e. The summed E-state index contributed by atoms with van der Waals surface area (Å²) < 4.78 is 5.08. The SMILES string of the molecule is CCOC(=O)C1C=C(C)CC2C(=O)CC[C@H]12. The molecule has 0 aromatic carbocycles. The van der Waals surface area contributed by atoms with Crippen LogP contribution in [0.5, 0.6) is 0 Å². The minimum absolute atomic E-state index is 0.0689. The van der Waals surface area contributed by atoms with Gasteiger partial charge in [-0.1, -0.05) is 11.6 Å². The Morgan fingerprint density at radius 2 is 2.31 bits per heavy atom. The Morgan fingerprint density at radius 1 is 1.56 bits per heavy atom. The second kappa shape index (κ2) is 4.40. The molecule has 2 aliphatic carbocycles. The van der Waals surface area contributed by atoms with Crippen molar-refractivity contribution in [2.75, 3.05) is 6.61 Å². The van der Waals surface area contributed by atoms with Crippen LogP contribution >= 0.6 is 0 Å². The summed E-state index contributed by atoms with van der Waals surface area (Å²) in [7, 11) is 0. The third-order valence-corrected chi connectivity index (χ3v) is 3.68. The van der Waals surface area contributed by atoms with Crippen molar-refractivity contribution in [3.63, 3.8) is 0 Å². The summed E-state index contributed by atoms with van der Waals surface area (Å²) in [4.78, 5) is 23.5. The van der Waals surface area contributed by atoms with Crippen LogP contribution in [-0.2, 0) is 14.3 Å². The molecule has 88 valence electrons. The highest BCUT2D eigenvalue weighted by atomic mass is 16.5. The minimum atomic E-state index is -0.190. The summed E-state index contributed by atoms with van der Waals surface area (Å²) in [6.07, 6.45) is 4.31. The first-order chi connectivity index (χ1) is 7.63. The molecule has 1 fully saturated rings. The van der Waals surface area contributed by atoms with Crippen LogP contribution in [0.3, 0.4) is 0 Å². The van der Waals surface area contributed by atoms with Gasteiger partial charge in [0.1, 0.15) is 5.78 Å². The average Bonchev–Trinajstić information content (AvgIpc) is 2.60. The number of hydrogen-bond acceptors (Lipinski definition) is 3. The maximum atomic E-state index is 11.8. The normalized spacial score (nSPS) is 33.2. The largest absolute Gasteiger partial charge is 0.466 e. The van der Waals surface area contributed by atoms with Gasteiger partial charge in [0.15, 0.2) is 0 Å². The summed E-state index contributed by atoms with van der Waals surface area (Å²) >= 11 is 0. The highest BCUT2D eigenvalue weighted by molar-refractivity contribution is 5.86. The lowest BCUT2D eigenvalue weighted by Gasteiger charge is -2.29. The van der Waals surface area contributed by atoms with Gasteiger partial charge in [-0.3, -0.25) is 9.59 Å². The van der Waals surface area contributed by atoms with Crippen molar-refractivity contribution >= 4 is 11.8 Å². The zero-order valence-electron chi connectivity index (χ0n) is 9.86. The first-order valence-electron chi connectivity index (χ1n) is 6.00. The number of carbonyl (C=O) groups excluding carboxylic acids is 2. The number of ketones is 1. The van der Waals surface area contributed by atoms with Gasteiger partial charge in [0.2, 0.25) is 0 Å². The summed E-state index contributed by atoms with van der Waals surface area (Å²) in [5.41, 5.74) is 1.15. The number of hydrogen-bond donors (Lipinski definition) is 0. The monoisotopic (exact) mass is 222 g/mol. The number of ether oxygens (including phenoxy) is 1. The summed E-state index contributed by atoms with van der Waals surface area (Å²) in [5, 5.41) is 0. The Balaban J connectivity index is 2.20. The number of carbonyl (C=O) groups is 2. The molecule has 1 saturated carbocycles. The fraction of sp³-hybridized carbons (Fsp3) is 0.692. The average molecular weight is 222 g/mol. The molecule has 3 nitrogen and oxygen atoms in total. The lowest BCUT2D eigenvalue weighted by molar-refractivity contribution is -0.148. The van der Waals surface area contributed by atoms with E-state index in [1.807, 2.05) is 19.9 Å². The Morgan fingerprint density at radius 3 is 3.00 bits per heavy atom. The molecule has 16 heavy (non-hydrogen) atoms. The third-order valence-electron chi connectivity index (χ3n) is 3.68. The molecule has 3 heteroatoms. The first kappa shape index (κ1) is 11.4. The van der Waals surface area contributed by atoms with E-state index in [9.17, 15) is 9.59 Å². The molecule has 0 heterocycles. The second-order valence-corrected chi connectivity index (χ2v) is 4.77. The summed E-state index contributed by atoms with van der Waals surface area (Å²) in [5.74, 6) is 0.234. The van der Waals surface area contributed by atoms with Crippen molar-refractivity contribution in [3.05, 3.63) is 11.6 Å². The van der Waals surface area contributed by atoms with Crippen molar-refractivity contribution in [1.29, 1.82) is 0 Å². The van der Waals surface area contributed by atoms with E-state index in [4.69, 9.17) is 4.74 Å². The smallest absolute Gasteiger partial charge is 0.313 e.